The van der Waals surface area contributed by atoms with Gasteiger partial charge in [-0.25, -0.2) is 0 Å². The van der Waals surface area contributed by atoms with Crippen molar-refractivity contribution in [3.8, 4) is 0 Å². The van der Waals surface area contributed by atoms with Gasteiger partial charge in [0.05, 0.1) is 5.38 Å². The van der Waals surface area contributed by atoms with Crippen LogP contribution >= 0.6 is 27.5 Å². The first-order valence-electron chi connectivity index (χ1n) is 5.12. The monoisotopic (exact) mass is 308 g/mol. The molecule has 0 bridgehead atoms. The van der Waals surface area contributed by atoms with Crippen molar-refractivity contribution in [3.05, 3.63) is 23.3 Å². The molecule has 0 N–H and O–H groups in total. The molecule has 0 aromatic heterocycles. The lowest BCUT2D eigenvalue weighted by Crippen LogP contribution is -2.00. The third kappa shape index (κ3) is 8.98. The maximum absolute atomic E-state index is 10.5. The standard InChI is InChI=1S/C12H18BrClO2/c1-9(4-5-16-11(3)15)6-12(14)7-10(2)8-13/h4,7,12H,5-6,8H2,1-3H3/b9-4+,10-7+. The second-order valence-electron chi connectivity index (χ2n) is 3.72. The molecule has 0 heterocycles. The Morgan fingerprint density at radius 1 is 1.38 bits per heavy atom. The highest BCUT2D eigenvalue weighted by Gasteiger charge is 2.02. The van der Waals surface area contributed by atoms with Gasteiger partial charge < -0.3 is 4.74 Å². The van der Waals surface area contributed by atoms with Gasteiger partial charge in [-0.05, 0) is 26.3 Å². The summed E-state index contributed by atoms with van der Waals surface area (Å²) in [5, 5.41) is 0.831. The molecular weight excluding hydrogens is 291 g/mol. The van der Waals surface area contributed by atoms with Crippen molar-refractivity contribution in [2.45, 2.75) is 32.6 Å². The van der Waals surface area contributed by atoms with E-state index in [1.165, 1.54) is 12.5 Å². The molecule has 4 heteroatoms. The first-order chi connectivity index (χ1) is 7.45. The minimum Gasteiger partial charge on any atom is -0.462 e. The third-order valence-corrected chi connectivity index (χ3v) is 3.08. The summed E-state index contributed by atoms with van der Waals surface area (Å²) in [5.41, 5.74) is 2.34. The molecule has 16 heavy (non-hydrogen) atoms. The highest BCUT2D eigenvalue weighted by molar-refractivity contribution is 9.09. The van der Waals surface area contributed by atoms with Crippen LogP contribution in [0.5, 0.6) is 0 Å². The molecular formula is C12H18BrClO2. The van der Waals surface area contributed by atoms with Crippen LogP contribution in [-0.2, 0) is 9.53 Å². The fourth-order valence-electron chi connectivity index (χ4n) is 1.10. The van der Waals surface area contributed by atoms with Gasteiger partial charge in [-0.3, -0.25) is 4.79 Å². The molecule has 0 fully saturated rings. The lowest BCUT2D eigenvalue weighted by atomic mass is 10.1. The van der Waals surface area contributed by atoms with Gasteiger partial charge in [-0.15, -0.1) is 11.6 Å². The largest absolute Gasteiger partial charge is 0.462 e. The Hall–Kier alpha value is -0.280. The Bertz CT molecular complexity index is 285. The third-order valence-electron chi connectivity index (χ3n) is 1.91. The molecule has 1 atom stereocenters. The smallest absolute Gasteiger partial charge is 0.302 e. The van der Waals surface area contributed by atoms with Crippen molar-refractivity contribution in [3.63, 3.8) is 0 Å². The zero-order chi connectivity index (χ0) is 12.6. The summed E-state index contributed by atoms with van der Waals surface area (Å²) in [6, 6.07) is 0. The highest BCUT2D eigenvalue weighted by Crippen LogP contribution is 2.14. The Balaban J connectivity index is 4.03. The Morgan fingerprint density at radius 2 is 2.00 bits per heavy atom. The first kappa shape index (κ1) is 15.7. The van der Waals surface area contributed by atoms with Crippen LogP contribution in [0.25, 0.3) is 0 Å². The molecule has 0 radical (unpaired) electrons. The van der Waals surface area contributed by atoms with Crippen LogP contribution in [0.1, 0.15) is 27.2 Å². The summed E-state index contributed by atoms with van der Waals surface area (Å²) in [5.74, 6) is -0.262. The van der Waals surface area contributed by atoms with Crippen LogP contribution in [0.4, 0.5) is 0 Å². The van der Waals surface area contributed by atoms with Gasteiger partial charge >= 0.3 is 5.97 Å². The highest BCUT2D eigenvalue weighted by atomic mass is 79.9. The van der Waals surface area contributed by atoms with Gasteiger partial charge in [0.2, 0.25) is 0 Å². The molecule has 0 saturated carbocycles. The van der Waals surface area contributed by atoms with E-state index in [-0.39, 0.29) is 11.3 Å². The summed E-state index contributed by atoms with van der Waals surface area (Å²) >= 11 is 9.51. The lowest BCUT2D eigenvalue weighted by Gasteiger charge is -2.06. The van der Waals surface area contributed by atoms with Gasteiger partial charge in [0, 0.05) is 12.3 Å². The summed E-state index contributed by atoms with van der Waals surface area (Å²) < 4.78 is 4.82. The van der Waals surface area contributed by atoms with Crippen LogP contribution in [0, 0.1) is 0 Å². The molecule has 0 aromatic rings. The van der Waals surface area contributed by atoms with Crippen LogP contribution in [-0.4, -0.2) is 23.3 Å². The number of halogens is 2. The molecule has 0 aliphatic rings. The number of alkyl halides is 2. The molecule has 0 amide bonds. The van der Waals surface area contributed by atoms with Gasteiger partial charge in [-0.1, -0.05) is 33.2 Å². The molecule has 1 unspecified atom stereocenters. The zero-order valence-corrected chi connectivity index (χ0v) is 12.3. The molecule has 92 valence electrons. The maximum Gasteiger partial charge on any atom is 0.302 e. The summed E-state index contributed by atoms with van der Waals surface area (Å²) in [7, 11) is 0. The topological polar surface area (TPSA) is 26.3 Å². The fourth-order valence-corrected chi connectivity index (χ4v) is 1.75. The maximum atomic E-state index is 10.5. The van der Waals surface area contributed by atoms with Crippen molar-refractivity contribution < 1.29 is 9.53 Å². The van der Waals surface area contributed by atoms with E-state index in [4.69, 9.17) is 16.3 Å². The molecule has 2 nitrogen and oxygen atoms in total. The number of carbonyl (C=O) groups is 1. The number of carbonyl (C=O) groups excluding carboxylic acids is 1. The number of esters is 1. The predicted octanol–water partition coefficient (Wildman–Crippen LogP) is 3.83. The molecule has 0 aromatic carbocycles. The van der Waals surface area contributed by atoms with Crippen molar-refractivity contribution in [2.24, 2.45) is 0 Å². The number of hydrogen-bond acceptors (Lipinski definition) is 2. The first-order valence-corrected chi connectivity index (χ1v) is 6.67. The Kier molecular flexibility index (Phi) is 8.67. The van der Waals surface area contributed by atoms with Gasteiger partial charge in [0.1, 0.15) is 6.61 Å². The van der Waals surface area contributed by atoms with Crippen molar-refractivity contribution in [2.75, 3.05) is 11.9 Å². The molecule has 0 aliphatic carbocycles. The normalized spacial score (nSPS) is 14.8. The minimum absolute atomic E-state index is 0.00821. The van der Waals surface area contributed by atoms with E-state index < -0.39 is 0 Å². The van der Waals surface area contributed by atoms with Crippen molar-refractivity contribution in [1.29, 1.82) is 0 Å². The van der Waals surface area contributed by atoms with Crippen molar-refractivity contribution in [1.82, 2.24) is 0 Å². The minimum atomic E-state index is -0.262. The van der Waals surface area contributed by atoms with Crippen LogP contribution in [0.3, 0.4) is 0 Å². The van der Waals surface area contributed by atoms with E-state index in [0.29, 0.717) is 6.61 Å². The lowest BCUT2D eigenvalue weighted by molar-refractivity contribution is -0.139. The second kappa shape index (κ2) is 8.82. The van der Waals surface area contributed by atoms with Gasteiger partial charge in [-0.2, -0.15) is 0 Å². The summed E-state index contributed by atoms with van der Waals surface area (Å²) in [4.78, 5) is 10.5. The molecule has 0 rings (SSSR count). The van der Waals surface area contributed by atoms with Crippen LogP contribution in [0.2, 0.25) is 0 Å². The second-order valence-corrected chi connectivity index (χ2v) is 4.84. The van der Waals surface area contributed by atoms with E-state index in [1.54, 1.807) is 0 Å². The summed E-state index contributed by atoms with van der Waals surface area (Å²) in [6.45, 7) is 5.74. The average molecular weight is 310 g/mol. The summed E-state index contributed by atoms with van der Waals surface area (Å²) in [6.07, 6.45) is 4.68. The Morgan fingerprint density at radius 3 is 2.50 bits per heavy atom. The van der Waals surface area contributed by atoms with Crippen LogP contribution < -0.4 is 0 Å². The zero-order valence-electron chi connectivity index (χ0n) is 9.93. The van der Waals surface area contributed by atoms with Crippen molar-refractivity contribution >= 4 is 33.5 Å². The fraction of sp³-hybridized carbons (Fsp3) is 0.583. The predicted molar refractivity (Wildman–Crippen MR) is 72.2 cm³/mol. The average Bonchev–Trinajstić information content (AvgIpc) is 2.16. The molecule has 0 aliphatic heterocycles. The molecule has 0 saturated heterocycles. The Labute approximate surface area is 111 Å². The van der Waals surface area contributed by atoms with E-state index in [0.717, 1.165) is 17.3 Å². The van der Waals surface area contributed by atoms with E-state index in [1.807, 2.05) is 26.0 Å². The number of rotatable bonds is 6. The SMILES string of the molecule is CC(=O)OC/C=C(\C)CC(Cl)/C=C(\C)CBr. The van der Waals surface area contributed by atoms with Gasteiger partial charge in [0.25, 0.3) is 0 Å². The van der Waals surface area contributed by atoms with E-state index in [2.05, 4.69) is 15.9 Å². The number of allylic oxidation sites excluding steroid dienone is 3. The van der Waals surface area contributed by atoms with E-state index >= 15 is 0 Å². The van der Waals surface area contributed by atoms with Gasteiger partial charge in [0.15, 0.2) is 0 Å². The number of ether oxygens (including phenoxy) is 1. The quantitative estimate of drug-likeness (QED) is 0.423. The number of hydrogen-bond donors (Lipinski definition) is 0. The van der Waals surface area contributed by atoms with Crippen LogP contribution in [0.15, 0.2) is 23.3 Å². The molecule has 0 spiro atoms. The van der Waals surface area contributed by atoms with E-state index in [9.17, 15) is 4.79 Å².